The fraction of sp³-hybridized carbons (Fsp3) is 0.286. The number of rotatable bonds is 7. The van der Waals surface area contributed by atoms with Gasteiger partial charge in [0.25, 0.3) is 0 Å². The number of thioether (sulfide) groups is 1. The molecular weight excluding hydrogens is 390 g/mol. The molecule has 1 heterocycles. The summed E-state index contributed by atoms with van der Waals surface area (Å²) in [4.78, 5) is 23.1. The number of nitrogens with one attached hydrogen (secondary N) is 1. The van der Waals surface area contributed by atoms with Crippen molar-refractivity contribution in [1.29, 1.82) is 0 Å². The first-order chi connectivity index (χ1) is 14.0. The van der Waals surface area contributed by atoms with Crippen molar-refractivity contribution in [2.75, 3.05) is 13.2 Å². The van der Waals surface area contributed by atoms with Gasteiger partial charge in [-0.1, -0.05) is 42.1 Å². The number of amides is 2. The minimum absolute atomic E-state index is 0.193. The van der Waals surface area contributed by atoms with Gasteiger partial charge in [-0.3, -0.25) is 9.59 Å². The molecule has 2 aromatic carbocycles. The number of carbonyl (C=O) groups excluding carboxylic acids is 2. The molecule has 0 bridgehead atoms. The van der Waals surface area contributed by atoms with Crippen molar-refractivity contribution in [3.8, 4) is 11.5 Å². The highest BCUT2D eigenvalue weighted by Gasteiger charge is 2.32. The van der Waals surface area contributed by atoms with Crippen molar-refractivity contribution in [3.05, 3.63) is 60.2 Å². The molecule has 1 atom stereocenters. The minimum Gasteiger partial charge on any atom is -0.493 e. The number of ether oxygens (including phenoxy) is 2. The van der Waals surface area contributed by atoms with Crippen LogP contribution in [0.15, 0.2) is 59.7 Å². The summed E-state index contributed by atoms with van der Waals surface area (Å²) in [6, 6.07) is 17.2. The zero-order valence-corrected chi connectivity index (χ0v) is 17.1. The smallest absolute Gasteiger partial charge is 0.241 e. The Kier molecular flexibility index (Phi) is 7.13. The summed E-state index contributed by atoms with van der Waals surface area (Å²) in [6.07, 6.45) is 0.765. The molecule has 2 aromatic rings. The highest BCUT2D eigenvalue weighted by Crippen LogP contribution is 2.39. The first-order valence-electron chi connectivity index (χ1n) is 9.26. The Morgan fingerprint density at radius 3 is 2.21 bits per heavy atom. The molecule has 0 saturated heterocycles. The van der Waals surface area contributed by atoms with Crippen molar-refractivity contribution in [2.24, 2.45) is 5.10 Å². The van der Waals surface area contributed by atoms with Gasteiger partial charge in [-0.05, 0) is 29.8 Å². The predicted molar refractivity (Wildman–Crippen MR) is 113 cm³/mol. The Hall–Kier alpha value is -3.00. The third-order valence-corrected chi connectivity index (χ3v) is 5.09. The first kappa shape index (κ1) is 20.7. The van der Waals surface area contributed by atoms with Gasteiger partial charge in [-0.2, -0.15) is 0 Å². The summed E-state index contributed by atoms with van der Waals surface area (Å²) in [5.74, 6) is 1.18. The Morgan fingerprint density at radius 2 is 1.62 bits per heavy atom. The van der Waals surface area contributed by atoms with Crippen LogP contribution >= 0.6 is 11.8 Å². The van der Waals surface area contributed by atoms with E-state index in [0.29, 0.717) is 18.4 Å². The molecule has 3 rings (SSSR count). The summed E-state index contributed by atoms with van der Waals surface area (Å²) in [6.45, 7) is 3.98. The molecule has 1 unspecified atom stereocenters. The third-order valence-electron chi connectivity index (χ3n) is 3.98. The molecule has 0 fully saturated rings. The van der Waals surface area contributed by atoms with Crippen molar-refractivity contribution >= 4 is 28.7 Å². The average Bonchev–Trinajstić information content (AvgIpc) is 3.12. The van der Waals surface area contributed by atoms with E-state index in [1.807, 2.05) is 54.6 Å². The van der Waals surface area contributed by atoms with E-state index in [2.05, 4.69) is 10.4 Å². The van der Waals surface area contributed by atoms with Crippen LogP contribution in [0.4, 0.5) is 0 Å². The van der Waals surface area contributed by atoms with Gasteiger partial charge in [0, 0.05) is 20.3 Å². The highest BCUT2D eigenvalue weighted by atomic mass is 32.2. The van der Waals surface area contributed by atoms with Gasteiger partial charge in [0.05, 0.1) is 13.2 Å². The van der Waals surface area contributed by atoms with Crippen molar-refractivity contribution in [2.45, 2.75) is 25.6 Å². The van der Waals surface area contributed by atoms with Crippen LogP contribution in [-0.4, -0.2) is 35.2 Å². The molecule has 1 N–H and O–H groups in total. The number of carbonyl (C=O) groups is 2. The van der Waals surface area contributed by atoms with Crippen LogP contribution in [0.5, 0.6) is 11.5 Å². The van der Waals surface area contributed by atoms with Crippen LogP contribution in [0.2, 0.25) is 0 Å². The fourth-order valence-corrected chi connectivity index (χ4v) is 3.80. The number of hydrogen-bond acceptors (Lipinski definition) is 6. The zero-order chi connectivity index (χ0) is 20.6. The fourth-order valence-electron chi connectivity index (χ4n) is 2.66. The van der Waals surface area contributed by atoms with Crippen LogP contribution in [0.3, 0.4) is 0 Å². The van der Waals surface area contributed by atoms with Crippen LogP contribution < -0.4 is 14.8 Å². The standard InChI is InChI=1S/C21H23N3O4S/c1-15(25)22-21-23-24(16(2)26)20(29-21)17-9-11-19(12-10-17)28-14-6-13-27-18-7-4-3-5-8-18/h3-5,7-12,20H,6,13-14H2,1-2H3,(H,22,23,25). The van der Waals surface area contributed by atoms with E-state index in [1.165, 1.54) is 30.6 Å². The van der Waals surface area contributed by atoms with Gasteiger partial charge in [-0.15, -0.1) is 5.10 Å². The van der Waals surface area contributed by atoms with E-state index in [0.717, 1.165) is 23.5 Å². The van der Waals surface area contributed by atoms with Crippen LogP contribution in [0.25, 0.3) is 0 Å². The largest absolute Gasteiger partial charge is 0.493 e. The summed E-state index contributed by atoms with van der Waals surface area (Å²) < 4.78 is 11.4. The third kappa shape index (κ3) is 5.99. The van der Waals surface area contributed by atoms with Gasteiger partial charge in [0.2, 0.25) is 11.8 Å². The Balaban J connectivity index is 1.49. The topological polar surface area (TPSA) is 80.2 Å². The molecule has 0 aromatic heterocycles. The number of para-hydroxylation sites is 1. The zero-order valence-electron chi connectivity index (χ0n) is 16.3. The molecule has 0 saturated carbocycles. The summed E-state index contributed by atoms with van der Waals surface area (Å²) in [5, 5.41) is 8.29. The second-order valence-corrected chi connectivity index (χ2v) is 7.42. The van der Waals surface area contributed by atoms with Gasteiger partial charge in [0.1, 0.15) is 16.9 Å². The van der Waals surface area contributed by atoms with Gasteiger partial charge in [0.15, 0.2) is 5.17 Å². The lowest BCUT2D eigenvalue weighted by atomic mass is 10.2. The molecule has 152 valence electrons. The second-order valence-electron chi connectivity index (χ2n) is 6.35. The maximum Gasteiger partial charge on any atom is 0.241 e. The lowest BCUT2D eigenvalue weighted by Gasteiger charge is -2.19. The lowest BCUT2D eigenvalue weighted by Crippen LogP contribution is -2.25. The molecule has 7 nitrogen and oxygen atoms in total. The summed E-state index contributed by atoms with van der Waals surface area (Å²) in [7, 11) is 0. The van der Waals surface area contributed by atoms with E-state index in [-0.39, 0.29) is 17.2 Å². The van der Waals surface area contributed by atoms with E-state index < -0.39 is 0 Å². The normalized spacial score (nSPS) is 15.6. The van der Waals surface area contributed by atoms with Crippen LogP contribution in [0.1, 0.15) is 31.2 Å². The number of hydrazone groups is 1. The predicted octanol–water partition coefficient (Wildman–Crippen LogP) is 3.54. The van der Waals surface area contributed by atoms with E-state index in [9.17, 15) is 9.59 Å². The Labute approximate surface area is 174 Å². The molecule has 2 amide bonds. The van der Waals surface area contributed by atoms with Gasteiger partial charge >= 0.3 is 0 Å². The number of nitrogens with zero attached hydrogens (tertiary/aromatic N) is 2. The Morgan fingerprint density at radius 1 is 1.00 bits per heavy atom. The minimum atomic E-state index is -0.317. The molecule has 0 aliphatic carbocycles. The molecule has 1 aliphatic rings. The quantitative estimate of drug-likeness (QED) is 0.703. The van der Waals surface area contributed by atoms with Crippen molar-refractivity contribution in [1.82, 2.24) is 10.3 Å². The Bertz CT molecular complexity index is 871. The SMILES string of the molecule is CC(=O)NC1=NN(C(C)=O)C(c2ccc(OCCCOc3ccccc3)cc2)S1. The van der Waals surface area contributed by atoms with Crippen LogP contribution in [0, 0.1) is 0 Å². The molecule has 1 aliphatic heterocycles. The van der Waals surface area contributed by atoms with Gasteiger partial charge in [-0.25, -0.2) is 5.01 Å². The molecule has 29 heavy (non-hydrogen) atoms. The molecule has 0 spiro atoms. The molecule has 0 radical (unpaired) electrons. The van der Waals surface area contributed by atoms with E-state index in [1.54, 1.807) is 0 Å². The van der Waals surface area contributed by atoms with E-state index in [4.69, 9.17) is 9.47 Å². The van der Waals surface area contributed by atoms with E-state index >= 15 is 0 Å². The monoisotopic (exact) mass is 413 g/mol. The molecule has 8 heteroatoms. The van der Waals surface area contributed by atoms with Crippen molar-refractivity contribution in [3.63, 3.8) is 0 Å². The second kappa shape index (κ2) is 9.97. The number of hydrogen-bond donors (Lipinski definition) is 1. The summed E-state index contributed by atoms with van der Waals surface area (Å²) >= 11 is 1.32. The van der Waals surface area contributed by atoms with Crippen LogP contribution in [-0.2, 0) is 9.59 Å². The first-order valence-corrected chi connectivity index (χ1v) is 10.1. The highest BCUT2D eigenvalue weighted by molar-refractivity contribution is 8.14. The average molecular weight is 413 g/mol. The lowest BCUT2D eigenvalue weighted by molar-refractivity contribution is -0.129. The van der Waals surface area contributed by atoms with Crippen molar-refractivity contribution < 1.29 is 19.1 Å². The number of benzene rings is 2. The summed E-state index contributed by atoms with van der Waals surface area (Å²) in [5.41, 5.74) is 0.897. The number of amidine groups is 1. The van der Waals surface area contributed by atoms with Gasteiger partial charge < -0.3 is 14.8 Å². The maximum absolute atomic E-state index is 11.9. The molecular formula is C21H23N3O4S. The maximum atomic E-state index is 11.9.